The molecule has 0 aliphatic carbocycles. The van der Waals surface area contributed by atoms with E-state index in [0.29, 0.717) is 6.42 Å². The van der Waals surface area contributed by atoms with E-state index in [1.165, 1.54) is 6.08 Å². The number of azide groups is 1. The Balaban J connectivity index is 2.06. The first kappa shape index (κ1) is 26.9. The van der Waals surface area contributed by atoms with Crippen molar-refractivity contribution in [2.45, 2.75) is 67.8 Å². The van der Waals surface area contributed by atoms with Crippen molar-refractivity contribution < 1.29 is 54.3 Å². The Morgan fingerprint density at radius 3 is 2.22 bits per heavy atom. The lowest BCUT2D eigenvalue weighted by Gasteiger charge is -2.46. The number of hydrogen-bond acceptors (Lipinski definition) is 12. The number of aliphatic hydroxyl groups is 6. The number of ether oxygens (including phenoxy) is 5. The summed E-state index contributed by atoms with van der Waals surface area (Å²) in [5.74, 6) is 0. The third-order valence-electron chi connectivity index (χ3n) is 5.09. The molecule has 2 aliphatic heterocycles. The summed E-state index contributed by atoms with van der Waals surface area (Å²) in [7, 11) is 0. The zero-order valence-electron chi connectivity index (χ0n) is 17.4. The molecule has 32 heavy (non-hydrogen) atoms. The summed E-state index contributed by atoms with van der Waals surface area (Å²) in [6.07, 6.45) is -12.0. The Kier molecular flexibility index (Phi) is 11.2. The van der Waals surface area contributed by atoms with E-state index in [1.54, 1.807) is 0 Å². The minimum atomic E-state index is -1.61. The molecule has 184 valence electrons. The van der Waals surface area contributed by atoms with E-state index >= 15 is 0 Å². The Labute approximate surface area is 184 Å². The van der Waals surface area contributed by atoms with Gasteiger partial charge in [-0.15, -0.1) is 6.58 Å². The van der Waals surface area contributed by atoms with Gasteiger partial charge in [-0.25, -0.2) is 0 Å². The van der Waals surface area contributed by atoms with E-state index in [9.17, 15) is 30.6 Å². The van der Waals surface area contributed by atoms with E-state index in [0.717, 1.165) is 0 Å². The fourth-order valence-corrected chi connectivity index (χ4v) is 3.43. The van der Waals surface area contributed by atoms with Crippen molar-refractivity contribution in [3.8, 4) is 0 Å². The fraction of sp³-hybridized carbons (Fsp3) is 0.889. The van der Waals surface area contributed by atoms with Crippen LogP contribution in [-0.4, -0.2) is 125 Å². The monoisotopic (exact) mass is 465 g/mol. The summed E-state index contributed by atoms with van der Waals surface area (Å²) in [5.41, 5.74) is 8.26. The van der Waals surface area contributed by atoms with Gasteiger partial charge in [0.05, 0.1) is 19.8 Å². The average molecular weight is 465 g/mol. The minimum absolute atomic E-state index is 0.00447. The third-order valence-corrected chi connectivity index (χ3v) is 5.09. The van der Waals surface area contributed by atoms with E-state index in [4.69, 9.17) is 29.2 Å². The quantitative estimate of drug-likeness (QED) is 0.0584. The standard InChI is InChI=1S/C18H31N3O11/c1-2-5-28-16-11(24)9(7-22)30-18(14(16)27)32-15-10(8-23)31-17(13(26)12(15)25)29-6-3-4-20-21-19/h2,9-18,22-27H,1,3-8H2/t9-,10-,11+,12-,13-,14-,15-,16+,17-,18+/m1/s1. The van der Waals surface area contributed by atoms with Crippen LogP contribution in [-0.2, 0) is 23.7 Å². The van der Waals surface area contributed by atoms with Gasteiger partial charge in [-0.1, -0.05) is 11.2 Å². The normalized spacial score (nSPS) is 39.9. The molecule has 14 heteroatoms. The summed E-state index contributed by atoms with van der Waals surface area (Å²) in [5, 5.41) is 64.3. The second-order valence-electron chi connectivity index (χ2n) is 7.28. The maximum Gasteiger partial charge on any atom is 0.187 e. The molecule has 2 aliphatic rings. The average Bonchev–Trinajstić information content (AvgIpc) is 2.79. The molecule has 0 amide bonds. The van der Waals surface area contributed by atoms with Crippen LogP contribution in [0.15, 0.2) is 17.8 Å². The van der Waals surface area contributed by atoms with Gasteiger partial charge in [0.2, 0.25) is 0 Å². The number of rotatable bonds is 12. The van der Waals surface area contributed by atoms with E-state index in [2.05, 4.69) is 16.6 Å². The fourth-order valence-electron chi connectivity index (χ4n) is 3.43. The van der Waals surface area contributed by atoms with Crippen molar-refractivity contribution in [3.63, 3.8) is 0 Å². The molecule has 2 rings (SSSR count). The Morgan fingerprint density at radius 1 is 0.906 bits per heavy atom. The van der Waals surface area contributed by atoms with Crippen molar-refractivity contribution in [3.05, 3.63) is 23.1 Å². The number of hydrogen-bond donors (Lipinski definition) is 6. The molecule has 0 spiro atoms. The first-order valence-corrected chi connectivity index (χ1v) is 10.1. The Hall–Kier alpha value is -1.39. The van der Waals surface area contributed by atoms with Gasteiger partial charge >= 0.3 is 0 Å². The molecular weight excluding hydrogens is 434 g/mol. The van der Waals surface area contributed by atoms with Crippen molar-refractivity contribution in [1.29, 1.82) is 0 Å². The molecular formula is C18H31N3O11. The van der Waals surface area contributed by atoms with Gasteiger partial charge in [-0.05, 0) is 12.0 Å². The highest BCUT2D eigenvalue weighted by Crippen LogP contribution is 2.30. The smallest absolute Gasteiger partial charge is 0.187 e. The van der Waals surface area contributed by atoms with Crippen LogP contribution in [0.3, 0.4) is 0 Å². The molecule has 6 N–H and O–H groups in total. The first-order valence-electron chi connectivity index (χ1n) is 10.1. The van der Waals surface area contributed by atoms with Crippen LogP contribution in [0.1, 0.15) is 6.42 Å². The molecule has 14 nitrogen and oxygen atoms in total. The van der Waals surface area contributed by atoms with Gasteiger partial charge in [-0.3, -0.25) is 0 Å². The van der Waals surface area contributed by atoms with E-state index in [-0.39, 0.29) is 19.8 Å². The van der Waals surface area contributed by atoms with E-state index in [1.807, 2.05) is 0 Å². The van der Waals surface area contributed by atoms with Crippen LogP contribution in [0.5, 0.6) is 0 Å². The molecule has 0 saturated carbocycles. The third kappa shape index (κ3) is 6.57. The maximum absolute atomic E-state index is 10.6. The van der Waals surface area contributed by atoms with Crippen LogP contribution in [0, 0.1) is 0 Å². The van der Waals surface area contributed by atoms with Gasteiger partial charge in [0.25, 0.3) is 0 Å². The zero-order valence-corrected chi connectivity index (χ0v) is 17.4. The summed E-state index contributed by atoms with van der Waals surface area (Å²) in [6.45, 7) is 2.48. The number of aliphatic hydroxyl groups excluding tert-OH is 6. The van der Waals surface area contributed by atoms with Crippen molar-refractivity contribution >= 4 is 0 Å². The van der Waals surface area contributed by atoms with Gasteiger partial charge in [0.15, 0.2) is 12.6 Å². The molecule has 0 radical (unpaired) electrons. The summed E-state index contributed by atoms with van der Waals surface area (Å²) < 4.78 is 27.2. The maximum atomic E-state index is 10.6. The van der Waals surface area contributed by atoms with E-state index < -0.39 is 74.6 Å². The minimum Gasteiger partial charge on any atom is -0.394 e. The number of nitrogens with zero attached hydrogens (tertiary/aromatic N) is 3. The zero-order chi connectivity index (χ0) is 23.7. The summed E-state index contributed by atoms with van der Waals surface area (Å²) >= 11 is 0. The van der Waals surface area contributed by atoms with Crippen LogP contribution in [0.4, 0.5) is 0 Å². The van der Waals surface area contributed by atoms with Crippen LogP contribution < -0.4 is 0 Å². The highest BCUT2D eigenvalue weighted by Gasteiger charge is 2.51. The molecule has 0 bridgehead atoms. The Morgan fingerprint density at radius 2 is 1.59 bits per heavy atom. The van der Waals surface area contributed by atoms with Gasteiger partial charge in [-0.2, -0.15) is 0 Å². The van der Waals surface area contributed by atoms with Gasteiger partial charge in [0.1, 0.15) is 48.8 Å². The topological polar surface area (TPSA) is 216 Å². The molecule has 0 aromatic heterocycles. The van der Waals surface area contributed by atoms with Crippen molar-refractivity contribution in [2.24, 2.45) is 5.11 Å². The Bertz CT molecular complexity index is 621. The van der Waals surface area contributed by atoms with Crippen LogP contribution >= 0.6 is 0 Å². The second kappa shape index (κ2) is 13.3. The SMILES string of the molecule is C=CCO[C@H]1[C@@H](O)[C@@H](CO)O[C@@H](O[C@H]2[C@H](O)[C@@H](O)[C@H](OCCCN=[N+]=[N-])O[C@@H]2CO)[C@@H]1O. The summed E-state index contributed by atoms with van der Waals surface area (Å²) in [6, 6.07) is 0. The van der Waals surface area contributed by atoms with Crippen molar-refractivity contribution in [2.75, 3.05) is 33.0 Å². The lowest BCUT2D eigenvalue weighted by Crippen LogP contribution is -2.65. The lowest BCUT2D eigenvalue weighted by atomic mass is 9.97. The first-order chi connectivity index (χ1) is 15.4. The lowest BCUT2D eigenvalue weighted by molar-refractivity contribution is -0.361. The van der Waals surface area contributed by atoms with Crippen LogP contribution in [0.25, 0.3) is 10.4 Å². The van der Waals surface area contributed by atoms with Crippen molar-refractivity contribution in [1.82, 2.24) is 0 Å². The largest absolute Gasteiger partial charge is 0.394 e. The highest BCUT2D eigenvalue weighted by molar-refractivity contribution is 4.95. The molecule has 10 atom stereocenters. The molecule has 2 heterocycles. The molecule has 0 unspecified atom stereocenters. The summed E-state index contributed by atoms with van der Waals surface area (Å²) in [4.78, 5) is 2.60. The highest BCUT2D eigenvalue weighted by atomic mass is 16.7. The molecule has 0 aromatic rings. The van der Waals surface area contributed by atoms with Gasteiger partial charge in [0, 0.05) is 18.1 Å². The molecule has 2 saturated heterocycles. The van der Waals surface area contributed by atoms with Crippen LogP contribution in [0.2, 0.25) is 0 Å². The molecule has 2 fully saturated rings. The molecule has 0 aromatic carbocycles. The predicted octanol–water partition coefficient (Wildman–Crippen LogP) is -2.46. The second-order valence-corrected chi connectivity index (χ2v) is 7.28. The predicted molar refractivity (Wildman–Crippen MR) is 105 cm³/mol. The van der Waals surface area contributed by atoms with Gasteiger partial charge < -0.3 is 54.3 Å².